The highest BCUT2D eigenvalue weighted by atomic mass is 79.9. The summed E-state index contributed by atoms with van der Waals surface area (Å²) < 4.78 is 18.9. The number of nitrogens with zero attached hydrogens (tertiary/aromatic N) is 3. The van der Waals surface area contributed by atoms with Crippen molar-refractivity contribution in [3.63, 3.8) is 0 Å². The average molecular weight is 355 g/mol. The minimum Gasteiger partial charge on any atom is -0.327 e. The number of nitrogens with one attached hydrogen (secondary N) is 1. The molecule has 0 aliphatic rings. The Morgan fingerprint density at radius 3 is 2.90 bits per heavy atom. The Morgan fingerprint density at radius 1 is 1.45 bits per heavy atom. The van der Waals surface area contributed by atoms with Crippen molar-refractivity contribution in [3.05, 3.63) is 39.0 Å². The summed E-state index contributed by atoms with van der Waals surface area (Å²) in [7, 11) is 0. The number of aromatic nitrogens is 4. The number of aromatic amines is 1. The van der Waals surface area contributed by atoms with E-state index in [4.69, 9.17) is 12.2 Å². The molecule has 0 spiro atoms. The maximum Gasteiger partial charge on any atom is 0.184 e. The fourth-order valence-electron chi connectivity index (χ4n) is 2.30. The number of benzene rings is 1. The number of rotatable bonds is 2. The van der Waals surface area contributed by atoms with Crippen molar-refractivity contribution in [1.82, 2.24) is 19.3 Å². The van der Waals surface area contributed by atoms with Gasteiger partial charge in [-0.15, -0.1) is 0 Å². The van der Waals surface area contributed by atoms with Crippen LogP contribution in [0.4, 0.5) is 4.39 Å². The number of fused-ring (bicyclic) bond motifs is 1. The van der Waals surface area contributed by atoms with Gasteiger partial charge in [0.25, 0.3) is 0 Å². The number of halogens is 2. The molecule has 0 aliphatic carbocycles. The molecule has 0 atom stereocenters. The normalized spacial score (nSPS) is 11.4. The summed E-state index contributed by atoms with van der Waals surface area (Å²) in [6.07, 6.45) is 0. The first-order valence-electron chi connectivity index (χ1n) is 6.16. The van der Waals surface area contributed by atoms with Gasteiger partial charge in [-0.2, -0.15) is 5.10 Å². The van der Waals surface area contributed by atoms with Crippen LogP contribution in [0.25, 0.3) is 16.9 Å². The Hall–Kier alpha value is -1.47. The van der Waals surface area contributed by atoms with Crippen LogP contribution >= 0.6 is 28.1 Å². The van der Waals surface area contributed by atoms with E-state index in [1.54, 1.807) is 16.7 Å². The topological polar surface area (TPSA) is 38.5 Å². The fourth-order valence-corrected chi connectivity index (χ4v) is 2.94. The van der Waals surface area contributed by atoms with Crippen LogP contribution in [0.15, 0.2) is 22.7 Å². The molecule has 0 amide bonds. The third-order valence-corrected chi connectivity index (χ3v) is 3.97. The molecular formula is C13H12BrFN4S. The van der Waals surface area contributed by atoms with Crippen LogP contribution < -0.4 is 0 Å². The quantitative estimate of drug-likeness (QED) is 0.703. The first kappa shape index (κ1) is 13.5. The van der Waals surface area contributed by atoms with E-state index in [-0.39, 0.29) is 5.82 Å². The van der Waals surface area contributed by atoms with Gasteiger partial charge in [0.1, 0.15) is 11.3 Å². The minimum absolute atomic E-state index is 0.327. The lowest BCUT2D eigenvalue weighted by atomic mass is 10.3. The maximum absolute atomic E-state index is 14.2. The second kappa shape index (κ2) is 4.82. The van der Waals surface area contributed by atoms with E-state index < -0.39 is 0 Å². The third kappa shape index (κ3) is 1.92. The standard InChI is InChI=1S/C13H12BrFN4S/c1-3-18-12-11(7(2)17-18)16-13(20)19(12)10-6-8(14)4-5-9(10)15/h4-6H,3H2,1-2H3,(H,16,20). The van der Waals surface area contributed by atoms with E-state index in [1.165, 1.54) is 6.07 Å². The molecule has 3 aromatic rings. The lowest BCUT2D eigenvalue weighted by Gasteiger charge is -2.08. The van der Waals surface area contributed by atoms with Crippen molar-refractivity contribution >= 4 is 39.3 Å². The molecule has 1 N–H and O–H groups in total. The Labute approximate surface area is 128 Å². The Morgan fingerprint density at radius 2 is 2.20 bits per heavy atom. The van der Waals surface area contributed by atoms with E-state index >= 15 is 0 Å². The van der Waals surface area contributed by atoms with Crippen LogP contribution in [0.2, 0.25) is 0 Å². The van der Waals surface area contributed by atoms with Gasteiger partial charge in [0.05, 0.1) is 11.4 Å². The average Bonchev–Trinajstić information content (AvgIpc) is 2.90. The molecule has 0 saturated heterocycles. The highest BCUT2D eigenvalue weighted by Crippen LogP contribution is 2.26. The predicted molar refractivity (Wildman–Crippen MR) is 82.3 cm³/mol. The molecule has 2 aromatic heterocycles. The smallest absolute Gasteiger partial charge is 0.184 e. The zero-order valence-electron chi connectivity index (χ0n) is 10.9. The zero-order valence-corrected chi connectivity index (χ0v) is 13.3. The molecule has 1 aromatic carbocycles. The van der Waals surface area contributed by atoms with Crippen molar-refractivity contribution in [1.29, 1.82) is 0 Å². The second-order valence-corrected chi connectivity index (χ2v) is 5.76. The molecule has 104 valence electrons. The van der Waals surface area contributed by atoms with Crippen LogP contribution in [0.5, 0.6) is 0 Å². The highest BCUT2D eigenvalue weighted by molar-refractivity contribution is 9.10. The lowest BCUT2D eigenvalue weighted by molar-refractivity contribution is 0.613. The molecule has 7 heteroatoms. The molecule has 0 aliphatic heterocycles. The Bertz CT molecular complexity index is 861. The summed E-state index contributed by atoms with van der Waals surface area (Å²) in [5, 5.41) is 4.43. The molecule has 0 fully saturated rings. The molecule has 20 heavy (non-hydrogen) atoms. The molecule has 0 saturated carbocycles. The number of hydrogen-bond donors (Lipinski definition) is 1. The first-order valence-corrected chi connectivity index (χ1v) is 7.36. The summed E-state index contributed by atoms with van der Waals surface area (Å²) in [5.74, 6) is -0.327. The minimum atomic E-state index is -0.327. The molecule has 3 rings (SSSR count). The predicted octanol–water partition coefficient (Wildman–Crippen LogP) is 4.11. The summed E-state index contributed by atoms with van der Waals surface area (Å²) >= 11 is 8.71. The van der Waals surface area contributed by atoms with E-state index in [9.17, 15) is 4.39 Å². The molecule has 4 nitrogen and oxygen atoms in total. The van der Waals surface area contributed by atoms with Gasteiger partial charge in [0.15, 0.2) is 10.4 Å². The van der Waals surface area contributed by atoms with Gasteiger partial charge in [-0.1, -0.05) is 15.9 Å². The Kier molecular flexibility index (Phi) is 3.25. The van der Waals surface area contributed by atoms with Gasteiger partial charge in [0, 0.05) is 11.0 Å². The highest BCUT2D eigenvalue weighted by Gasteiger charge is 2.17. The number of imidazole rings is 1. The number of aryl methyl sites for hydroxylation is 2. The van der Waals surface area contributed by atoms with Gasteiger partial charge in [-0.3, -0.25) is 4.57 Å². The van der Waals surface area contributed by atoms with Crippen molar-refractivity contribution in [2.24, 2.45) is 0 Å². The van der Waals surface area contributed by atoms with Gasteiger partial charge >= 0.3 is 0 Å². The SMILES string of the molecule is CCn1nc(C)c2[nH]c(=S)n(-c3cc(Br)ccc3F)c21. The van der Waals surface area contributed by atoms with Crippen molar-refractivity contribution in [2.45, 2.75) is 20.4 Å². The van der Waals surface area contributed by atoms with Gasteiger partial charge < -0.3 is 4.98 Å². The van der Waals surface area contributed by atoms with Crippen LogP contribution in [0, 0.1) is 17.5 Å². The zero-order chi connectivity index (χ0) is 14.4. The van der Waals surface area contributed by atoms with Gasteiger partial charge in [-0.25, -0.2) is 9.07 Å². The van der Waals surface area contributed by atoms with Crippen LogP contribution in [0.3, 0.4) is 0 Å². The monoisotopic (exact) mass is 354 g/mol. The largest absolute Gasteiger partial charge is 0.327 e. The fraction of sp³-hybridized carbons (Fsp3) is 0.231. The molecule has 0 unspecified atom stereocenters. The second-order valence-electron chi connectivity index (χ2n) is 4.46. The first-order chi connectivity index (χ1) is 9.52. The summed E-state index contributed by atoms with van der Waals surface area (Å²) in [5.41, 5.74) is 2.88. The van der Waals surface area contributed by atoms with E-state index in [2.05, 4.69) is 26.0 Å². The van der Waals surface area contributed by atoms with E-state index in [0.29, 0.717) is 17.0 Å². The van der Waals surface area contributed by atoms with Crippen molar-refractivity contribution in [3.8, 4) is 5.69 Å². The van der Waals surface area contributed by atoms with Crippen LogP contribution in [0.1, 0.15) is 12.6 Å². The maximum atomic E-state index is 14.2. The van der Waals surface area contributed by atoms with Crippen molar-refractivity contribution in [2.75, 3.05) is 0 Å². The summed E-state index contributed by atoms with van der Waals surface area (Å²) in [4.78, 5) is 3.11. The summed E-state index contributed by atoms with van der Waals surface area (Å²) in [6, 6.07) is 4.79. The molecule has 0 radical (unpaired) electrons. The molecule has 2 heterocycles. The third-order valence-electron chi connectivity index (χ3n) is 3.20. The van der Waals surface area contributed by atoms with E-state index in [1.807, 2.05) is 18.5 Å². The van der Waals surface area contributed by atoms with Gasteiger partial charge in [-0.05, 0) is 44.3 Å². The molecule has 0 bridgehead atoms. The Balaban J connectivity index is 2.44. The lowest BCUT2D eigenvalue weighted by Crippen LogP contribution is -2.05. The number of H-pyrrole nitrogens is 1. The van der Waals surface area contributed by atoms with E-state index in [0.717, 1.165) is 21.3 Å². The van der Waals surface area contributed by atoms with Crippen LogP contribution in [-0.4, -0.2) is 19.3 Å². The summed E-state index contributed by atoms with van der Waals surface area (Å²) in [6.45, 7) is 4.58. The van der Waals surface area contributed by atoms with Crippen molar-refractivity contribution < 1.29 is 4.39 Å². The number of hydrogen-bond acceptors (Lipinski definition) is 2. The van der Waals surface area contributed by atoms with Gasteiger partial charge in [0.2, 0.25) is 0 Å². The molecular weight excluding hydrogens is 343 g/mol. The van der Waals surface area contributed by atoms with Crippen LogP contribution in [-0.2, 0) is 6.54 Å².